The van der Waals surface area contributed by atoms with Gasteiger partial charge in [0.05, 0.1) is 0 Å². The molecule has 26 valence electrons. The Hall–Kier alpha value is 0.916. The Labute approximate surface area is 58.0 Å². The van der Waals surface area contributed by atoms with Gasteiger partial charge in [-0.1, -0.05) is 0 Å². The number of hydrogen-bond acceptors (Lipinski definition) is 1. The van der Waals surface area contributed by atoms with E-state index >= 15 is 0 Å². The molecule has 0 heterocycles. The first-order valence-corrected chi connectivity index (χ1v) is 0.704. The topological polar surface area (TPSA) is 17.1 Å². The maximum Gasteiger partial charge on any atom is 2.00 e. The van der Waals surface area contributed by atoms with Crippen LogP contribution in [0.4, 0.5) is 0 Å². The molecule has 0 saturated heterocycles. The van der Waals surface area contributed by atoms with Crippen LogP contribution in [-0.2, 0) is 4.79 Å². The molecule has 0 aromatic heterocycles. The van der Waals surface area contributed by atoms with Crippen molar-refractivity contribution in [3.63, 3.8) is 0 Å². The molecule has 3 heteroatoms. The van der Waals surface area contributed by atoms with E-state index in [1.165, 1.54) is 13.2 Å². The molecule has 0 aliphatic rings. The van der Waals surface area contributed by atoms with Crippen molar-refractivity contribution in [2.24, 2.45) is 0 Å². The third-order valence-electron chi connectivity index (χ3n) is 0. The van der Waals surface area contributed by atoms with Crippen molar-refractivity contribution in [3.8, 4) is 0 Å². The summed E-state index contributed by atoms with van der Waals surface area (Å²) in [6.45, 7) is 1.32. The summed E-state index contributed by atoms with van der Waals surface area (Å²) in [5.41, 5.74) is 0. The quantitative estimate of drug-likeness (QED) is 0.260. The molecule has 1 nitrogen and oxygen atoms in total. The average molecular weight is 147 g/mol. The summed E-state index contributed by atoms with van der Waals surface area (Å²) < 4.78 is 0. The van der Waals surface area contributed by atoms with Crippen LogP contribution in [0.5, 0.6) is 0 Å². The van der Waals surface area contributed by atoms with Crippen molar-refractivity contribution < 1.29 is 21.8 Å². The molecule has 0 rings (SSSR count). The number of rotatable bonds is 0. The minimum atomic E-state index is 0. The van der Waals surface area contributed by atoms with Crippen LogP contribution in [0.3, 0.4) is 0 Å². The predicted octanol–water partition coefficient (Wildman–Crippen LogP) is -3.26. The van der Waals surface area contributed by atoms with E-state index in [0.717, 1.165) is 0 Å². The fraction of sp³-hybridized carbons (Fsp3) is 0.500. The Bertz CT molecular complexity index is 17.1. The summed E-state index contributed by atoms with van der Waals surface area (Å²) in [5.74, 6) is 0. The van der Waals surface area contributed by atoms with Gasteiger partial charge in [0.15, 0.2) is 0 Å². The van der Waals surface area contributed by atoms with E-state index in [4.69, 9.17) is 4.79 Å². The van der Waals surface area contributed by atoms with Crippen molar-refractivity contribution in [2.45, 2.75) is 6.92 Å². The molecule has 0 aliphatic carbocycles. The average Bonchev–Trinajstić information content (AvgIpc) is 0.918. The third-order valence-corrected chi connectivity index (χ3v) is 0. The molecule has 0 radical (unpaired) electrons. The van der Waals surface area contributed by atoms with Crippen molar-refractivity contribution in [1.29, 1.82) is 0 Å². The largest absolute Gasteiger partial charge is 2.00 e. The van der Waals surface area contributed by atoms with Crippen LogP contribution in [0, 0.1) is 0 Å². The van der Waals surface area contributed by atoms with Gasteiger partial charge in [0.1, 0.15) is 0 Å². The Morgan fingerprint density at radius 3 is 1.60 bits per heavy atom. The van der Waals surface area contributed by atoms with Gasteiger partial charge in [0, 0.05) is 0 Å². The normalized spacial score (nSPS) is 2.60. The van der Waals surface area contributed by atoms with Crippen molar-refractivity contribution in [3.05, 3.63) is 0 Å². The van der Waals surface area contributed by atoms with Gasteiger partial charge in [0.2, 0.25) is 0 Å². The van der Waals surface area contributed by atoms with Crippen LogP contribution in [0.25, 0.3) is 0 Å². The monoisotopic (exact) mass is 146 g/mol. The molecule has 0 aliphatic heterocycles. The molecule has 0 spiro atoms. The van der Waals surface area contributed by atoms with E-state index in [-0.39, 0.29) is 40.0 Å². The molecular formula is C2H3BrMgO. The second kappa shape index (κ2) is 20.5. The zero-order valence-corrected chi connectivity index (χ0v) is 5.99. The molecule has 5 heavy (non-hydrogen) atoms. The fourth-order valence-corrected chi connectivity index (χ4v) is 0. The van der Waals surface area contributed by atoms with E-state index in [2.05, 4.69) is 0 Å². The van der Waals surface area contributed by atoms with Crippen LogP contribution >= 0.6 is 0 Å². The van der Waals surface area contributed by atoms with Gasteiger partial charge in [0.25, 0.3) is 0 Å². The number of halogens is 1. The van der Waals surface area contributed by atoms with Gasteiger partial charge < -0.3 is 21.8 Å². The first-order valence-electron chi connectivity index (χ1n) is 0.704. The molecule has 0 amide bonds. The Kier molecular flexibility index (Phi) is 69.1. The zero-order valence-electron chi connectivity index (χ0n) is 2.99. The van der Waals surface area contributed by atoms with E-state index in [9.17, 15) is 0 Å². The summed E-state index contributed by atoms with van der Waals surface area (Å²) in [7, 11) is 0. The first kappa shape index (κ1) is 16.8. The van der Waals surface area contributed by atoms with Crippen molar-refractivity contribution in [1.82, 2.24) is 0 Å². The SMILES string of the molecule is C[C-]=O.[Br-].[Mg+2]. The van der Waals surface area contributed by atoms with Gasteiger partial charge in [-0.2, -0.15) is 6.92 Å². The van der Waals surface area contributed by atoms with Crippen LogP contribution < -0.4 is 17.0 Å². The van der Waals surface area contributed by atoms with Crippen LogP contribution in [0.1, 0.15) is 6.92 Å². The maximum absolute atomic E-state index is 8.68. The number of carbonyl (C=O) groups excluding carboxylic acids is 1. The molecular weight excluding hydrogens is 144 g/mol. The van der Waals surface area contributed by atoms with E-state index in [0.29, 0.717) is 0 Å². The zero-order chi connectivity index (χ0) is 2.71. The van der Waals surface area contributed by atoms with Crippen LogP contribution in [0.2, 0.25) is 0 Å². The molecule has 0 fully saturated rings. The minimum Gasteiger partial charge on any atom is -1.00 e. The van der Waals surface area contributed by atoms with E-state index in [1.54, 1.807) is 0 Å². The van der Waals surface area contributed by atoms with Gasteiger partial charge in [-0.3, -0.25) is 6.29 Å². The first-order chi connectivity index (χ1) is 1.41. The predicted molar refractivity (Wildman–Crippen MR) is 17.1 cm³/mol. The van der Waals surface area contributed by atoms with Gasteiger partial charge in [-0.25, -0.2) is 0 Å². The fourth-order valence-electron chi connectivity index (χ4n) is 0. The molecule has 0 atom stereocenters. The van der Waals surface area contributed by atoms with Crippen molar-refractivity contribution in [2.75, 3.05) is 0 Å². The molecule has 0 bridgehead atoms. The minimum absolute atomic E-state index is 0. The molecule has 0 aromatic rings. The Morgan fingerprint density at radius 1 is 1.60 bits per heavy atom. The summed E-state index contributed by atoms with van der Waals surface area (Å²) in [6.07, 6.45) is 1.50. The van der Waals surface area contributed by atoms with Gasteiger partial charge >= 0.3 is 23.1 Å². The Balaban J connectivity index is -0.0000000200. The second-order valence-electron chi connectivity index (χ2n) is 0.204. The summed E-state index contributed by atoms with van der Waals surface area (Å²) in [5, 5.41) is 0. The molecule has 0 saturated carbocycles. The summed E-state index contributed by atoms with van der Waals surface area (Å²) in [4.78, 5) is 8.68. The molecule has 0 unspecified atom stereocenters. The van der Waals surface area contributed by atoms with Crippen LogP contribution in [0.15, 0.2) is 0 Å². The molecule has 0 N–H and O–H groups in total. The van der Waals surface area contributed by atoms with E-state index in [1.807, 2.05) is 0 Å². The van der Waals surface area contributed by atoms with Crippen molar-refractivity contribution >= 4 is 29.3 Å². The number of hydrogen-bond donors (Lipinski definition) is 0. The third kappa shape index (κ3) is 49.8. The summed E-state index contributed by atoms with van der Waals surface area (Å²) >= 11 is 0. The maximum atomic E-state index is 8.68. The Morgan fingerprint density at radius 2 is 1.60 bits per heavy atom. The van der Waals surface area contributed by atoms with E-state index < -0.39 is 0 Å². The summed E-state index contributed by atoms with van der Waals surface area (Å²) in [6, 6.07) is 0. The van der Waals surface area contributed by atoms with Gasteiger partial charge in [-0.15, -0.1) is 0 Å². The smallest absolute Gasteiger partial charge is 1.00 e. The van der Waals surface area contributed by atoms with Crippen LogP contribution in [-0.4, -0.2) is 29.3 Å². The second-order valence-corrected chi connectivity index (χ2v) is 0.204. The van der Waals surface area contributed by atoms with Gasteiger partial charge in [-0.05, 0) is 0 Å². The standard InChI is InChI=1S/C2H3O.BrH.Mg/c1-2-3;;/h1H3;1H;/q-1;;+2/p-1. The molecule has 0 aromatic carbocycles.